The smallest absolute Gasteiger partial charge is 0.252 e. The zero-order chi connectivity index (χ0) is 18.6. The van der Waals surface area contributed by atoms with Crippen molar-refractivity contribution in [1.29, 1.82) is 0 Å². The van der Waals surface area contributed by atoms with E-state index < -0.39 is 23.5 Å². The van der Waals surface area contributed by atoms with Gasteiger partial charge in [-0.15, -0.1) is 0 Å². The van der Waals surface area contributed by atoms with Crippen molar-refractivity contribution in [2.24, 2.45) is 17.6 Å². The standard InChI is InChI=1S/C18H18FN3O4/c1-18(19)13-11(22-16(24)14(13)18)7-26-17-9-6-12(25-2)10(15(20)23)5-8(9)3-4-21-17/h3-6,11,13-14H,7H2,1-2H3,(H2,20,23)(H,22,24)/t11-,13-,14-,18+/m1/s1. The maximum atomic E-state index is 14.2. The van der Waals surface area contributed by atoms with Crippen molar-refractivity contribution in [2.75, 3.05) is 13.7 Å². The van der Waals surface area contributed by atoms with E-state index >= 15 is 0 Å². The average Bonchev–Trinajstić information content (AvgIpc) is 3.00. The molecule has 1 aliphatic heterocycles. The van der Waals surface area contributed by atoms with Crippen LogP contribution < -0.4 is 20.5 Å². The first-order chi connectivity index (χ1) is 12.3. The average molecular weight is 359 g/mol. The summed E-state index contributed by atoms with van der Waals surface area (Å²) < 4.78 is 25.2. The quantitative estimate of drug-likeness (QED) is 0.835. The molecule has 4 rings (SSSR count). The van der Waals surface area contributed by atoms with Gasteiger partial charge in [0.15, 0.2) is 0 Å². The molecule has 4 atom stereocenters. The number of nitrogens with zero attached hydrogens (tertiary/aromatic N) is 1. The molecule has 1 aromatic carbocycles. The number of hydrogen-bond donors (Lipinski definition) is 2. The molecule has 0 radical (unpaired) electrons. The van der Waals surface area contributed by atoms with E-state index in [1.54, 1.807) is 24.4 Å². The van der Waals surface area contributed by atoms with Crippen molar-refractivity contribution in [1.82, 2.24) is 10.3 Å². The molecule has 136 valence electrons. The number of ether oxygens (including phenoxy) is 2. The van der Waals surface area contributed by atoms with Crippen LogP contribution in [0.25, 0.3) is 10.8 Å². The Labute approximate surface area is 148 Å². The number of rotatable bonds is 5. The second-order valence-electron chi connectivity index (χ2n) is 6.83. The first-order valence-electron chi connectivity index (χ1n) is 8.23. The number of nitrogens with one attached hydrogen (secondary N) is 1. The maximum absolute atomic E-state index is 14.2. The first-order valence-corrected chi connectivity index (χ1v) is 8.23. The Morgan fingerprint density at radius 1 is 1.46 bits per heavy atom. The predicted molar refractivity (Wildman–Crippen MR) is 90.7 cm³/mol. The van der Waals surface area contributed by atoms with Crippen LogP contribution in [0.15, 0.2) is 24.4 Å². The van der Waals surface area contributed by atoms with Crippen LogP contribution >= 0.6 is 0 Å². The summed E-state index contributed by atoms with van der Waals surface area (Å²) in [6.45, 7) is 1.55. The fraction of sp³-hybridized carbons (Fsp3) is 0.389. The van der Waals surface area contributed by atoms with Gasteiger partial charge in [0.05, 0.1) is 24.6 Å². The number of benzene rings is 1. The number of alkyl halides is 1. The Morgan fingerprint density at radius 2 is 2.23 bits per heavy atom. The normalized spacial score (nSPS) is 29.2. The Morgan fingerprint density at radius 3 is 2.85 bits per heavy atom. The molecule has 0 spiro atoms. The summed E-state index contributed by atoms with van der Waals surface area (Å²) in [5, 5.41) is 4.10. The molecule has 2 amide bonds. The van der Waals surface area contributed by atoms with Gasteiger partial charge in [-0.05, 0) is 30.5 Å². The fourth-order valence-electron chi connectivity index (χ4n) is 3.89. The van der Waals surface area contributed by atoms with E-state index in [0.717, 1.165) is 0 Å². The molecule has 2 aromatic rings. The van der Waals surface area contributed by atoms with Crippen LogP contribution in [0.1, 0.15) is 17.3 Å². The van der Waals surface area contributed by atoms with Crippen molar-refractivity contribution in [2.45, 2.75) is 18.6 Å². The molecule has 3 N–H and O–H groups in total. The summed E-state index contributed by atoms with van der Waals surface area (Å²) >= 11 is 0. The van der Waals surface area contributed by atoms with Gasteiger partial charge in [0.1, 0.15) is 18.0 Å². The Bertz CT molecular complexity index is 930. The van der Waals surface area contributed by atoms with Gasteiger partial charge in [-0.2, -0.15) is 0 Å². The SMILES string of the molecule is COc1cc2c(OC[C@H]3NC(=O)[C@H]4[C@@H]3[C@]4(C)F)nccc2cc1C(N)=O. The Balaban J connectivity index is 1.61. The molecule has 1 saturated heterocycles. The topological polar surface area (TPSA) is 104 Å². The Hall–Kier alpha value is -2.90. The largest absolute Gasteiger partial charge is 0.496 e. The van der Waals surface area contributed by atoms with E-state index in [9.17, 15) is 14.0 Å². The molecule has 1 aliphatic carbocycles. The number of amides is 2. The van der Waals surface area contributed by atoms with Gasteiger partial charge in [-0.1, -0.05) is 0 Å². The number of pyridine rings is 1. The van der Waals surface area contributed by atoms with E-state index in [-0.39, 0.29) is 24.0 Å². The summed E-state index contributed by atoms with van der Waals surface area (Å²) in [4.78, 5) is 27.5. The van der Waals surface area contributed by atoms with Crippen molar-refractivity contribution in [3.05, 3.63) is 30.0 Å². The number of fused-ring (bicyclic) bond motifs is 2. The summed E-state index contributed by atoms with van der Waals surface area (Å²) in [7, 11) is 1.44. The van der Waals surface area contributed by atoms with E-state index in [0.29, 0.717) is 22.4 Å². The lowest BCUT2D eigenvalue weighted by molar-refractivity contribution is -0.122. The van der Waals surface area contributed by atoms with Crippen LogP contribution in [0.2, 0.25) is 0 Å². The molecule has 7 nitrogen and oxygen atoms in total. The van der Waals surface area contributed by atoms with Crippen LogP contribution in [0.5, 0.6) is 11.6 Å². The van der Waals surface area contributed by atoms with Gasteiger partial charge in [0.25, 0.3) is 5.91 Å². The number of carbonyl (C=O) groups is 2. The molecular weight excluding hydrogens is 341 g/mol. The molecule has 2 fully saturated rings. The van der Waals surface area contributed by atoms with Gasteiger partial charge in [0.2, 0.25) is 11.8 Å². The van der Waals surface area contributed by atoms with Crippen molar-refractivity contribution in [3.8, 4) is 11.6 Å². The highest BCUT2D eigenvalue weighted by atomic mass is 19.1. The lowest BCUT2D eigenvalue weighted by Crippen LogP contribution is -2.39. The molecule has 26 heavy (non-hydrogen) atoms. The lowest BCUT2D eigenvalue weighted by Gasteiger charge is -2.18. The molecular formula is C18H18FN3O4. The third kappa shape index (κ3) is 2.36. The first kappa shape index (κ1) is 16.6. The molecule has 1 saturated carbocycles. The number of methoxy groups -OCH3 is 1. The minimum Gasteiger partial charge on any atom is -0.496 e. The zero-order valence-electron chi connectivity index (χ0n) is 14.3. The van der Waals surface area contributed by atoms with Gasteiger partial charge in [0, 0.05) is 17.5 Å². The highest BCUT2D eigenvalue weighted by molar-refractivity contribution is 6.01. The third-order valence-corrected chi connectivity index (χ3v) is 5.27. The number of nitrogens with two attached hydrogens (primary N) is 1. The summed E-state index contributed by atoms with van der Waals surface area (Å²) in [5.41, 5.74) is 4.17. The third-order valence-electron chi connectivity index (χ3n) is 5.27. The Kier molecular flexibility index (Phi) is 3.54. The highest BCUT2D eigenvalue weighted by Crippen LogP contribution is 2.58. The maximum Gasteiger partial charge on any atom is 0.252 e. The second-order valence-corrected chi connectivity index (χ2v) is 6.83. The highest BCUT2D eigenvalue weighted by Gasteiger charge is 2.73. The van der Waals surface area contributed by atoms with Gasteiger partial charge >= 0.3 is 0 Å². The monoisotopic (exact) mass is 359 g/mol. The van der Waals surface area contributed by atoms with E-state index in [4.69, 9.17) is 15.2 Å². The number of aromatic nitrogens is 1. The second kappa shape index (κ2) is 5.55. The summed E-state index contributed by atoms with van der Waals surface area (Å²) in [6.07, 6.45) is 1.54. The van der Waals surface area contributed by atoms with Crippen molar-refractivity contribution >= 4 is 22.6 Å². The summed E-state index contributed by atoms with van der Waals surface area (Å²) in [6, 6.07) is 4.56. The van der Waals surface area contributed by atoms with E-state index in [2.05, 4.69) is 10.3 Å². The number of primary amides is 1. The van der Waals surface area contributed by atoms with Gasteiger partial charge in [-0.25, -0.2) is 9.37 Å². The zero-order valence-corrected chi connectivity index (χ0v) is 14.3. The van der Waals surface area contributed by atoms with Crippen LogP contribution in [0, 0.1) is 11.8 Å². The molecule has 0 unspecified atom stereocenters. The fourth-order valence-corrected chi connectivity index (χ4v) is 3.89. The van der Waals surface area contributed by atoms with Crippen molar-refractivity contribution < 1.29 is 23.5 Å². The number of hydrogen-bond acceptors (Lipinski definition) is 5. The minimum atomic E-state index is -1.47. The van der Waals surface area contributed by atoms with Crippen LogP contribution in [-0.2, 0) is 4.79 Å². The van der Waals surface area contributed by atoms with Gasteiger partial charge < -0.3 is 20.5 Å². The van der Waals surface area contributed by atoms with E-state index in [1.165, 1.54) is 14.0 Å². The predicted octanol–water partition coefficient (Wildman–Crippen LogP) is 1.19. The van der Waals surface area contributed by atoms with Crippen molar-refractivity contribution in [3.63, 3.8) is 0 Å². The minimum absolute atomic E-state index is 0.110. The number of carbonyl (C=O) groups excluding carboxylic acids is 2. The van der Waals surface area contributed by atoms with Crippen LogP contribution in [0.4, 0.5) is 4.39 Å². The molecule has 8 heteroatoms. The van der Waals surface area contributed by atoms with Gasteiger partial charge in [-0.3, -0.25) is 9.59 Å². The number of halogens is 1. The van der Waals surface area contributed by atoms with Crippen LogP contribution in [-0.4, -0.2) is 42.2 Å². The number of piperidine rings is 1. The summed E-state index contributed by atoms with van der Waals surface area (Å²) in [5.74, 6) is -1.20. The molecule has 2 heterocycles. The lowest BCUT2D eigenvalue weighted by atomic mass is 10.1. The van der Waals surface area contributed by atoms with E-state index in [1.807, 2.05) is 0 Å². The molecule has 0 bridgehead atoms. The molecule has 1 aromatic heterocycles. The van der Waals surface area contributed by atoms with Crippen LogP contribution in [0.3, 0.4) is 0 Å². The molecule has 2 aliphatic rings.